The summed E-state index contributed by atoms with van der Waals surface area (Å²) in [4.78, 5) is 35.3. The van der Waals surface area contributed by atoms with Crippen LogP contribution in [0.25, 0.3) is 11.3 Å². The number of nitrogens with zero attached hydrogens (tertiary/aromatic N) is 3. The first-order valence-electron chi connectivity index (χ1n) is 15.9. The number of ether oxygens (including phenoxy) is 2. The molecule has 0 bridgehead atoms. The van der Waals surface area contributed by atoms with E-state index in [0.29, 0.717) is 35.9 Å². The van der Waals surface area contributed by atoms with Crippen molar-refractivity contribution >= 4 is 27.7 Å². The van der Waals surface area contributed by atoms with Crippen LogP contribution in [0, 0.1) is 17.7 Å². The van der Waals surface area contributed by atoms with E-state index in [0.717, 1.165) is 12.0 Å². The first kappa shape index (κ1) is 34.2. The van der Waals surface area contributed by atoms with Crippen molar-refractivity contribution in [1.29, 1.82) is 0 Å². The molecule has 5 rings (SSSR count). The molecule has 2 atom stereocenters. The zero-order valence-corrected chi connectivity index (χ0v) is 28.6. The summed E-state index contributed by atoms with van der Waals surface area (Å²) in [5.41, 5.74) is 1.35. The third-order valence-electron chi connectivity index (χ3n) is 8.59. The van der Waals surface area contributed by atoms with Gasteiger partial charge in [0, 0.05) is 36.8 Å². The molecule has 47 heavy (non-hydrogen) atoms. The number of hydrogen-bond donors (Lipinski definition) is 1. The van der Waals surface area contributed by atoms with Gasteiger partial charge in [0.25, 0.3) is 5.91 Å². The van der Waals surface area contributed by atoms with Crippen LogP contribution < -0.4 is 19.1 Å². The van der Waals surface area contributed by atoms with E-state index in [-0.39, 0.29) is 42.7 Å². The van der Waals surface area contributed by atoms with Crippen LogP contribution in [0.1, 0.15) is 63.4 Å². The minimum absolute atomic E-state index is 0.0488. The third-order valence-corrected chi connectivity index (χ3v) is 10.2. The van der Waals surface area contributed by atoms with Crippen molar-refractivity contribution in [3.63, 3.8) is 0 Å². The Bertz CT molecular complexity index is 1750. The average molecular weight is 667 g/mol. The minimum atomic E-state index is -4.38. The van der Waals surface area contributed by atoms with Crippen molar-refractivity contribution < 1.29 is 31.9 Å². The van der Waals surface area contributed by atoms with Gasteiger partial charge in [-0.2, -0.15) is 0 Å². The Hall–Kier alpha value is -4.19. The zero-order valence-electron chi connectivity index (χ0n) is 27.7. The Kier molecular flexibility index (Phi) is 9.81. The van der Waals surface area contributed by atoms with Gasteiger partial charge in [-0.3, -0.25) is 9.59 Å². The highest BCUT2D eigenvalue weighted by molar-refractivity contribution is 7.91. The molecule has 2 aliphatic heterocycles. The standard InChI is InChI=1S/C35H43FN4O6S/c1-22(2)21-46-28-16-25(15-26(36)17-28)30-12-11-29(32(37-30)40-19-23(3)18-35(40,4)5)33(41)38-47(43,44)31-13-14-39(34(31)42)20-24-7-9-27(45-6)10-8-24/h7-12,15-17,22-23,31H,13-14,18-21H2,1-6H3,(H,38,41). The maximum Gasteiger partial charge on any atom is 0.268 e. The number of methoxy groups -OCH3 is 1. The smallest absolute Gasteiger partial charge is 0.268 e. The predicted molar refractivity (Wildman–Crippen MR) is 178 cm³/mol. The second-order valence-corrected chi connectivity index (χ2v) is 15.4. The van der Waals surface area contributed by atoms with Gasteiger partial charge >= 0.3 is 0 Å². The van der Waals surface area contributed by atoms with Crippen molar-refractivity contribution in [2.24, 2.45) is 11.8 Å². The van der Waals surface area contributed by atoms with Crippen LogP contribution in [-0.2, 0) is 21.4 Å². The number of aromatic nitrogens is 1. The van der Waals surface area contributed by atoms with Gasteiger partial charge in [0.2, 0.25) is 15.9 Å². The van der Waals surface area contributed by atoms with Gasteiger partial charge in [0.1, 0.15) is 23.1 Å². The van der Waals surface area contributed by atoms with E-state index in [1.165, 1.54) is 23.1 Å². The molecule has 3 heterocycles. The van der Waals surface area contributed by atoms with E-state index in [4.69, 9.17) is 14.5 Å². The molecule has 2 aliphatic rings. The molecule has 252 valence electrons. The normalized spacial score (nSPS) is 19.4. The largest absolute Gasteiger partial charge is 0.497 e. The van der Waals surface area contributed by atoms with Crippen LogP contribution in [0.5, 0.6) is 11.5 Å². The lowest BCUT2D eigenvalue weighted by molar-refractivity contribution is -0.127. The van der Waals surface area contributed by atoms with Gasteiger partial charge in [-0.15, -0.1) is 0 Å². The molecule has 2 fully saturated rings. The lowest BCUT2D eigenvalue weighted by atomic mass is 9.97. The Balaban J connectivity index is 1.41. The van der Waals surface area contributed by atoms with E-state index in [2.05, 4.69) is 11.6 Å². The Morgan fingerprint density at radius 1 is 1.11 bits per heavy atom. The van der Waals surface area contributed by atoms with Crippen molar-refractivity contribution in [3.05, 3.63) is 71.5 Å². The van der Waals surface area contributed by atoms with Crippen LogP contribution in [-0.4, -0.2) is 67.7 Å². The van der Waals surface area contributed by atoms with Gasteiger partial charge in [0.05, 0.1) is 25.0 Å². The quantitative estimate of drug-likeness (QED) is 0.289. The molecule has 0 aliphatic carbocycles. The Labute approximate surface area is 276 Å². The summed E-state index contributed by atoms with van der Waals surface area (Å²) in [5.74, 6) is -0.0738. The van der Waals surface area contributed by atoms with Crippen molar-refractivity contribution in [2.75, 3.05) is 31.7 Å². The number of amides is 2. The van der Waals surface area contributed by atoms with Gasteiger partial charge in [0.15, 0.2) is 5.25 Å². The molecule has 0 radical (unpaired) electrons. The molecule has 1 N–H and O–H groups in total. The molecular formula is C35H43FN4O6S. The minimum Gasteiger partial charge on any atom is -0.497 e. The average Bonchev–Trinajstić information content (AvgIpc) is 3.52. The molecule has 1 aromatic heterocycles. The van der Waals surface area contributed by atoms with Crippen LogP contribution >= 0.6 is 0 Å². The number of anilines is 1. The van der Waals surface area contributed by atoms with E-state index in [1.54, 1.807) is 31.4 Å². The highest BCUT2D eigenvalue weighted by Gasteiger charge is 2.43. The number of nitrogens with one attached hydrogen (secondary N) is 1. The van der Waals surface area contributed by atoms with E-state index >= 15 is 0 Å². The highest BCUT2D eigenvalue weighted by Crippen LogP contribution is 2.39. The van der Waals surface area contributed by atoms with Crippen molar-refractivity contribution in [1.82, 2.24) is 14.6 Å². The Morgan fingerprint density at radius 2 is 1.83 bits per heavy atom. The number of benzene rings is 2. The van der Waals surface area contributed by atoms with E-state index < -0.39 is 38.4 Å². The SMILES string of the molecule is COc1ccc(CN2CCC(S(=O)(=O)NC(=O)c3ccc(-c4cc(F)cc(OCC(C)C)c4)nc3N3CC(C)CC3(C)C)C2=O)cc1. The second-order valence-electron chi connectivity index (χ2n) is 13.5. The fraction of sp³-hybridized carbons (Fsp3) is 0.457. The number of carbonyl (C=O) groups is 2. The number of hydrogen-bond acceptors (Lipinski definition) is 8. The molecule has 12 heteroatoms. The first-order valence-corrected chi connectivity index (χ1v) is 17.4. The van der Waals surface area contributed by atoms with Gasteiger partial charge in [-0.05, 0) is 80.5 Å². The highest BCUT2D eigenvalue weighted by atomic mass is 32.2. The maximum atomic E-state index is 14.7. The summed E-state index contributed by atoms with van der Waals surface area (Å²) in [6.07, 6.45) is 0.880. The summed E-state index contributed by atoms with van der Waals surface area (Å²) in [5, 5.41) is -1.40. The van der Waals surface area contributed by atoms with Gasteiger partial charge < -0.3 is 19.3 Å². The third kappa shape index (κ3) is 7.69. The summed E-state index contributed by atoms with van der Waals surface area (Å²) in [6.45, 7) is 11.7. The van der Waals surface area contributed by atoms with Crippen LogP contribution in [0.15, 0.2) is 54.6 Å². The monoisotopic (exact) mass is 666 g/mol. The number of rotatable bonds is 11. The fourth-order valence-corrected chi connectivity index (χ4v) is 7.71. The number of sulfonamides is 1. The number of halogens is 1. The molecule has 0 saturated carbocycles. The van der Waals surface area contributed by atoms with Crippen LogP contribution in [0.2, 0.25) is 0 Å². The summed E-state index contributed by atoms with van der Waals surface area (Å²) in [6, 6.07) is 14.6. The lowest BCUT2D eigenvalue weighted by Crippen LogP contribution is -2.44. The van der Waals surface area contributed by atoms with Crippen LogP contribution in [0.4, 0.5) is 10.2 Å². The van der Waals surface area contributed by atoms with E-state index in [1.807, 2.05) is 44.7 Å². The molecule has 10 nitrogen and oxygen atoms in total. The first-order chi connectivity index (χ1) is 22.2. The molecule has 2 saturated heterocycles. The second kappa shape index (κ2) is 13.5. The molecular weight excluding hydrogens is 623 g/mol. The molecule has 0 spiro atoms. The van der Waals surface area contributed by atoms with Crippen LogP contribution in [0.3, 0.4) is 0 Å². The number of pyridine rings is 1. The molecule has 3 aromatic rings. The number of likely N-dealkylation sites (tertiary alicyclic amines) is 1. The molecule has 2 aromatic carbocycles. The molecule has 2 unspecified atom stereocenters. The summed E-state index contributed by atoms with van der Waals surface area (Å²) < 4.78 is 54.8. The summed E-state index contributed by atoms with van der Waals surface area (Å²) in [7, 11) is -2.82. The Morgan fingerprint density at radius 3 is 2.47 bits per heavy atom. The van der Waals surface area contributed by atoms with Gasteiger partial charge in [-0.25, -0.2) is 22.5 Å². The predicted octanol–water partition coefficient (Wildman–Crippen LogP) is 5.42. The van der Waals surface area contributed by atoms with Crippen molar-refractivity contribution in [2.45, 2.75) is 64.8 Å². The topological polar surface area (TPSA) is 118 Å². The van der Waals surface area contributed by atoms with E-state index in [9.17, 15) is 22.4 Å². The zero-order chi connectivity index (χ0) is 34.1. The maximum absolute atomic E-state index is 14.7. The van der Waals surface area contributed by atoms with Gasteiger partial charge in [-0.1, -0.05) is 32.9 Å². The summed E-state index contributed by atoms with van der Waals surface area (Å²) >= 11 is 0. The molecule has 2 amide bonds. The lowest BCUT2D eigenvalue weighted by Gasteiger charge is -2.34. The fourth-order valence-electron chi connectivity index (χ4n) is 6.37. The number of carbonyl (C=O) groups excluding carboxylic acids is 2. The van der Waals surface area contributed by atoms with Crippen molar-refractivity contribution in [3.8, 4) is 22.8 Å².